The summed E-state index contributed by atoms with van der Waals surface area (Å²) >= 11 is 1.86. The number of nitrogens with zero attached hydrogens (tertiary/aromatic N) is 3. The fourth-order valence-corrected chi connectivity index (χ4v) is 9.95. The second-order valence-corrected chi connectivity index (χ2v) is 16.5. The normalized spacial score (nSPS) is 11.7. The summed E-state index contributed by atoms with van der Waals surface area (Å²) in [5.74, 6) is 0.652. The standard InChI is InChI=1S/C56H35N3S/c1-2-12-36(13-3-1)39-14-10-15-40(32-39)41-16-11-17-44(33-41)55-47-20-4-7-21-50(47)57-56(58-55)59-51-22-8-5-18-45(51)48-34-42(28-30-52(48)59)37-24-26-38(27-25-37)43-29-31-54-49(35-43)46-19-6-9-23-53(46)60-54/h1-35H. The predicted molar refractivity (Wildman–Crippen MR) is 254 cm³/mol. The summed E-state index contributed by atoms with van der Waals surface area (Å²) in [6, 6.07) is 76.3. The van der Waals surface area contributed by atoms with Crippen molar-refractivity contribution in [2.45, 2.75) is 0 Å². The molecule has 0 bridgehead atoms. The molecule has 60 heavy (non-hydrogen) atoms. The maximum atomic E-state index is 5.42. The van der Waals surface area contributed by atoms with E-state index < -0.39 is 0 Å². The van der Waals surface area contributed by atoms with Gasteiger partial charge in [-0.1, -0.05) is 158 Å². The quantitative estimate of drug-likeness (QED) is 0.168. The van der Waals surface area contributed by atoms with Crippen LogP contribution in [0.1, 0.15) is 0 Å². The van der Waals surface area contributed by atoms with Crippen LogP contribution in [0, 0.1) is 0 Å². The topological polar surface area (TPSA) is 30.7 Å². The molecule has 0 amide bonds. The van der Waals surface area contributed by atoms with Crippen molar-refractivity contribution in [2.75, 3.05) is 0 Å². The van der Waals surface area contributed by atoms with Crippen molar-refractivity contribution in [1.82, 2.24) is 14.5 Å². The Bertz CT molecular complexity index is 3600. The van der Waals surface area contributed by atoms with Crippen LogP contribution < -0.4 is 0 Å². The van der Waals surface area contributed by atoms with Crippen molar-refractivity contribution in [3.63, 3.8) is 0 Å². The largest absolute Gasteiger partial charge is 0.278 e. The molecule has 9 aromatic carbocycles. The molecule has 0 aliphatic rings. The minimum atomic E-state index is 0.652. The maximum Gasteiger partial charge on any atom is 0.235 e. The zero-order valence-corrected chi connectivity index (χ0v) is 33.3. The van der Waals surface area contributed by atoms with Crippen molar-refractivity contribution < 1.29 is 0 Å². The molecule has 0 N–H and O–H groups in total. The van der Waals surface area contributed by atoms with E-state index >= 15 is 0 Å². The molecule has 0 radical (unpaired) electrons. The lowest BCUT2D eigenvalue weighted by Gasteiger charge is -2.13. The Labute approximate surface area is 351 Å². The zero-order valence-electron chi connectivity index (χ0n) is 32.5. The number of thiophene rings is 1. The molecule has 0 aliphatic carbocycles. The lowest BCUT2D eigenvalue weighted by atomic mass is 9.97. The number of hydrogen-bond donors (Lipinski definition) is 0. The van der Waals surface area contributed by atoms with E-state index in [0.717, 1.165) is 38.8 Å². The van der Waals surface area contributed by atoms with Crippen LogP contribution in [-0.4, -0.2) is 14.5 Å². The number of benzene rings is 9. The van der Waals surface area contributed by atoms with E-state index in [0.29, 0.717) is 5.95 Å². The molecule has 0 unspecified atom stereocenters. The van der Waals surface area contributed by atoms with Crippen molar-refractivity contribution in [1.29, 1.82) is 0 Å². The van der Waals surface area contributed by atoms with Gasteiger partial charge in [0.2, 0.25) is 5.95 Å². The molecule has 3 aromatic heterocycles. The predicted octanol–water partition coefficient (Wildman–Crippen LogP) is 15.4. The van der Waals surface area contributed by atoms with Crippen LogP contribution in [0.15, 0.2) is 212 Å². The summed E-state index contributed by atoms with van der Waals surface area (Å²) in [6.07, 6.45) is 0. The zero-order chi connectivity index (χ0) is 39.6. The molecule has 280 valence electrons. The minimum absolute atomic E-state index is 0.652. The maximum absolute atomic E-state index is 5.42. The first-order chi connectivity index (χ1) is 29.7. The highest BCUT2D eigenvalue weighted by molar-refractivity contribution is 7.25. The Balaban J connectivity index is 0.943. The summed E-state index contributed by atoms with van der Waals surface area (Å²) in [7, 11) is 0. The number of rotatable bonds is 6. The molecule has 0 saturated carbocycles. The van der Waals surface area contributed by atoms with E-state index in [1.165, 1.54) is 69.9 Å². The average Bonchev–Trinajstić information content (AvgIpc) is 3.87. The highest BCUT2D eigenvalue weighted by Gasteiger charge is 2.18. The number of fused-ring (bicyclic) bond motifs is 7. The second kappa shape index (κ2) is 14.0. The van der Waals surface area contributed by atoms with Gasteiger partial charge in [-0.2, -0.15) is 0 Å². The van der Waals surface area contributed by atoms with Gasteiger partial charge in [-0.05, 0) is 99.1 Å². The van der Waals surface area contributed by atoms with Crippen LogP contribution in [0.2, 0.25) is 0 Å². The Morgan fingerprint density at radius 3 is 1.58 bits per heavy atom. The number of hydrogen-bond acceptors (Lipinski definition) is 3. The SMILES string of the molecule is c1ccc(-c2cccc(-c3cccc(-c4nc(-n5c6ccccc6c6cc(-c7ccc(-c8ccc9sc%10ccccc%10c9c8)cc7)ccc65)nc5ccccc45)c3)c2)cc1. The summed E-state index contributed by atoms with van der Waals surface area (Å²) < 4.78 is 4.88. The molecule has 0 aliphatic heterocycles. The van der Waals surface area contributed by atoms with E-state index in [2.05, 4.69) is 217 Å². The van der Waals surface area contributed by atoms with Gasteiger partial charge in [0.05, 0.1) is 22.2 Å². The lowest BCUT2D eigenvalue weighted by molar-refractivity contribution is 1.01. The minimum Gasteiger partial charge on any atom is -0.278 e. The van der Waals surface area contributed by atoms with E-state index in [-0.39, 0.29) is 0 Å². The average molecular weight is 782 g/mol. The Morgan fingerprint density at radius 1 is 0.300 bits per heavy atom. The van der Waals surface area contributed by atoms with Crippen LogP contribution in [0.3, 0.4) is 0 Å². The lowest BCUT2D eigenvalue weighted by Crippen LogP contribution is -2.03. The van der Waals surface area contributed by atoms with Crippen molar-refractivity contribution in [3.8, 4) is 61.7 Å². The van der Waals surface area contributed by atoms with Crippen molar-refractivity contribution in [3.05, 3.63) is 212 Å². The first-order valence-electron chi connectivity index (χ1n) is 20.3. The smallest absolute Gasteiger partial charge is 0.235 e. The molecule has 4 heteroatoms. The van der Waals surface area contributed by atoms with Gasteiger partial charge < -0.3 is 0 Å². The Hall–Kier alpha value is -7.66. The fraction of sp³-hybridized carbons (Fsp3) is 0. The second-order valence-electron chi connectivity index (χ2n) is 15.4. The number of aromatic nitrogens is 3. The Kier molecular flexibility index (Phi) is 8.03. The number of para-hydroxylation sites is 2. The van der Waals surface area contributed by atoms with Gasteiger partial charge in [0.15, 0.2) is 0 Å². The third-order valence-electron chi connectivity index (χ3n) is 11.8. The first kappa shape index (κ1) is 34.4. The summed E-state index contributed by atoms with van der Waals surface area (Å²) in [4.78, 5) is 10.7. The van der Waals surface area contributed by atoms with Crippen LogP contribution in [0.5, 0.6) is 0 Å². The first-order valence-corrected chi connectivity index (χ1v) is 21.1. The molecule has 3 nitrogen and oxygen atoms in total. The van der Waals surface area contributed by atoms with Crippen molar-refractivity contribution in [2.24, 2.45) is 0 Å². The fourth-order valence-electron chi connectivity index (χ4n) is 8.87. The summed E-state index contributed by atoms with van der Waals surface area (Å²) in [6.45, 7) is 0. The van der Waals surface area contributed by atoms with Crippen LogP contribution in [0.25, 0.3) is 115 Å². The van der Waals surface area contributed by atoms with E-state index in [1.54, 1.807) is 0 Å². The summed E-state index contributed by atoms with van der Waals surface area (Å²) in [5, 5.41) is 6.00. The van der Waals surface area contributed by atoms with E-state index in [1.807, 2.05) is 11.3 Å². The molecule has 0 spiro atoms. The van der Waals surface area contributed by atoms with Gasteiger partial charge in [0.25, 0.3) is 0 Å². The Morgan fingerprint density at radius 2 is 0.800 bits per heavy atom. The summed E-state index contributed by atoms with van der Waals surface area (Å²) in [5.41, 5.74) is 14.5. The third-order valence-corrected chi connectivity index (χ3v) is 13.0. The molecule has 12 rings (SSSR count). The van der Waals surface area contributed by atoms with Gasteiger partial charge in [-0.25, -0.2) is 9.97 Å². The van der Waals surface area contributed by atoms with Crippen LogP contribution >= 0.6 is 11.3 Å². The monoisotopic (exact) mass is 781 g/mol. The van der Waals surface area contributed by atoms with Gasteiger partial charge in [0, 0.05) is 41.9 Å². The van der Waals surface area contributed by atoms with E-state index in [9.17, 15) is 0 Å². The van der Waals surface area contributed by atoms with Gasteiger partial charge in [-0.3, -0.25) is 4.57 Å². The highest BCUT2D eigenvalue weighted by atomic mass is 32.1. The molecular weight excluding hydrogens is 747 g/mol. The highest BCUT2D eigenvalue weighted by Crippen LogP contribution is 2.39. The molecule has 12 aromatic rings. The van der Waals surface area contributed by atoms with Crippen LogP contribution in [0.4, 0.5) is 0 Å². The van der Waals surface area contributed by atoms with Gasteiger partial charge in [-0.15, -0.1) is 11.3 Å². The molecule has 0 atom stereocenters. The van der Waals surface area contributed by atoms with Crippen LogP contribution in [-0.2, 0) is 0 Å². The van der Waals surface area contributed by atoms with Gasteiger partial charge >= 0.3 is 0 Å². The van der Waals surface area contributed by atoms with Gasteiger partial charge in [0.1, 0.15) is 0 Å². The third kappa shape index (κ3) is 5.80. The van der Waals surface area contributed by atoms with E-state index in [4.69, 9.17) is 9.97 Å². The van der Waals surface area contributed by atoms with Crippen molar-refractivity contribution >= 4 is 64.2 Å². The molecular formula is C56H35N3S. The molecule has 0 fully saturated rings. The molecule has 0 saturated heterocycles. The molecule has 3 heterocycles.